The van der Waals surface area contributed by atoms with Gasteiger partial charge in [-0.25, -0.2) is 0 Å². The molecular weight excluding hydrogens is 108 g/mol. The van der Waals surface area contributed by atoms with Gasteiger partial charge in [0.1, 0.15) is 0 Å². The second-order valence-electron chi connectivity index (χ2n) is 1.68. The van der Waals surface area contributed by atoms with Gasteiger partial charge < -0.3 is 5.11 Å². The Morgan fingerprint density at radius 1 is 1.29 bits per heavy atom. The van der Waals surface area contributed by atoms with E-state index in [-0.39, 0.29) is 0 Å². The van der Waals surface area contributed by atoms with Crippen molar-refractivity contribution in [1.82, 2.24) is 0 Å². The summed E-state index contributed by atoms with van der Waals surface area (Å²) < 4.78 is 0. The maximum absolute atomic E-state index is 8.81. The van der Waals surface area contributed by atoms with E-state index >= 15 is 0 Å². The van der Waals surface area contributed by atoms with Crippen LogP contribution in [0.1, 0.15) is 12.8 Å². The summed E-state index contributed by atoms with van der Waals surface area (Å²) in [5, 5.41) is 8.81. The molecule has 1 heterocycles. The predicted octanol–water partition coefficient (Wildman–Crippen LogP) is 1.42. The predicted molar refractivity (Wildman–Crippen MR) is 31.7 cm³/mol. The molecule has 1 fully saturated rings. The monoisotopic (exact) mass is 117 g/mol. The van der Waals surface area contributed by atoms with E-state index in [1.807, 2.05) is 11.8 Å². The summed E-state index contributed by atoms with van der Waals surface area (Å²) in [6.45, 7) is 0. The molecule has 1 N–H and O–H groups in total. The summed E-state index contributed by atoms with van der Waals surface area (Å²) in [6.07, 6.45) is 2.54. The van der Waals surface area contributed by atoms with Crippen LogP contribution >= 0.6 is 11.8 Å². The van der Waals surface area contributed by atoms with Crippen LogP contribution in [0, 0.1) is 6.10 Å². The molecule has 0 unspecified atom stereocenters. The van der Waals surface area contributed by atoms with Crippen molar-refractivity contribution in [2.75, 3.05) is 11.5 Å². The Labute approximate surface area is 48.1 Å². The van der Waals surface area contributed by atoms with E-state index < -0.39 is 0 Å². The van der Waals surface area contributed by atoms with Gasteiger partial charge in [0.15, 0.2) is 0 Å². The molecule has 1 nitrogen and oxygen atoms in total. The fourth-order valence-corrected chi connectivity index (χ4v) is 1.57. The minimum absolute atomic E-state index is 0.693. The van der Waals surface area contributed by atoms with E-state index in [1.165, 1.54) is 0 Å². The Bertz CT molecular complexity index is 50.0. The summed E-state index contributed by atoms with van der Waals surface area (Å²) in [6, 6.07) is 0. The van der Waals surface area contributed by atoms with Crippen molar-refractivity contribution in [3.8, 4) is 0 Å². The quantitative estimate of drug-likeness (QED) is 0.517. The first-order valence-electron chi connectivity index (χ1n) is 2.51. The number of aliphatic hydroxyl groups excluding tert-OH is 1. The van der Waals surface area contributed by atoms with Gasteiger partial charge in [-0.3, -0.25) is 0 Å². The van der Waals surface area contributed by atoms with Crippen molar-refractivity contribution >= 4 is 11.8 Å². The van der Waals surface area contributed by atoms with E-state index in [1.54, 1.807) is 0 Å². The molecule has 0 bridgehead atoms. The highest BCUT2D eigenvalue weighted by Crippen LogP contribution is 2.21. The molecule has 1 radical (unpaired) electrons. The molecule has 1 rings (SSSR count). The van der Waals surface area contributed by atoms with Gasteiger partial charge in [-0.1, -0.05) is 0 Å². The molecule has 1 aliphatic heterocycles. The molecule has 7 heavy (non-hydrogen) atoms. The van der Waals surface area contributed by atoms with Gasteiger partial charge in [0.05, 0.1) is 6.10 Å². The Kier molecular flexibility index (Phi) is 2.00. The van der Waals surface area contributed by atoms with Crippen LogP contribution in [0.3, 0.4) is 0 Å². The van der Waals surface area contributed by atoms with Gasteiger partial charge in [-0.05, 0) is 24.3 Å². The lowest BCUT2D eigenvalue weighted by molar-refractivity contribution is 0.279. The van der Waals surface area contributed by atoms with Gasteiger partial charge in [0.25, 0.3) is 0 Å². The average molecular weight is 117 g/mol. The van der Waals surface area contributed by atoms with Crippen molar-refractivity contribution in [1.29, 1.82) is 0 Å². The van der Waals surface area contributed by atoms with E-state index in [4.69, 9.17) is 5.11 Å². The highest BCUT2D eigenvalue weighted by Gasteiger charge is 2.09. The first-order valence-corrected chi connectivity index (χ1v) is 3.66. The number of hydrogen-bond donors (Lipinski definition) is 1. The van der Waals surface area contributed by atoms with Gasteiger partial charge >= 0.3 is 0 Å². The molecule has 1 saturated heterocycles. The molecule has 1 aliphatic rings. The van der Waals surface area contributed by atoms with E-state index in [9.17, 15) is 0 Å². The largest absolute Gasteiger partial charge is 0.387 e. The summed E-state index contributed by atoms with van der Waals surface area (Å²) in [4.78, 5) is 0. The zero-order valence-electron chi connectivity index (χ0n) is 4.18. The molecule has 0 aromatic heterocycles. The zero-order chi connectivity index (χ0) is 5.11. The van der Waals surface area contributed by atoms with Gasteiger partial charge in [0, 0.05) is 0 Å². The second-order valence-corrected chi connectivity index (χ2v) is 2.90. The SMILES string of the molecule is O[C]1CCSCC1. The third-order valence-corrected chi connectivity index (χ3v) is 2.06. The van der Waals surface area contributed by atoms with Crippen LogP contribution in [0.15, 0.2) is 0 Å². The Morgan fingerprint density at radius 3 is 2.14 bits per heavy atom. The van der Waals surface area contributed by atoms with Crippen molar-refractivity contribution in [3.63, 3.8) is 0 Å². The van der Waals surface area contributed by atoms with Crippen LogP contribution in [-0.4, -0.2) is 16.6 Å². The maximum atomic E-state index is 8.81. The van der Waals surface area contributed by atoms with Crippen molar-refractivity contribution in [2.24, 2.45) is 0 Å². The summed E-state index contributed by atoms with van der Waals surface area (Å²) in [5.74, 6) is 2.23. The minimum atomic E-state index is 0.693. The lowest BCUT2D eigenvalue weighted by Crippen LogP contribution is -2.05. The van der Waals surface area contributed by atoms with E-state index in [2.05, 4.69) is 0 Å². The highest BCUT2D eigenvalue weighted by atomic mass is 32.2. The standard InChI is InChI=1S/C5H9OS/c6-5-1-3-7-4-2-5/h6H,1-4H2. The van der Waals surface area contributed by atoms with E-state index in [0.717, 1.165) is 24.3 Å². The van der Waals surface area contributed by atoms with Crippen LogP contribution in [0.25, 0.3) is 0 Å². The van der Waals surface area contributed by atoms with Gasteiger partial charge in [0.2, 0.25) is 0 Å². The smallest absolute Gasteiger partial charge is 0.0949 e. The topological polar surface area (TPSA) is 20.2 Å². The van der Waals surface area contributed by atoms with Crippen LogP contribution < -0.4 is 0 Å². The average Bonchev–Trinajstić information content (AvgIpc) is 1.69. The molecule has 0 atom stereocenters. The lowest BCUT2D eigenvalue weighted by atomic mass is 10.2. The first-order chi connectivity index (χ1) is 3.39. The number of aliphatic hydroxyl groups is 1. The fraction of sp³-hybridized carbons (Fsp3) is 0.800. The molecule has 0 aliphatic carbocycles. The molecule has 2 heteroatoms. The minimum Gasteiger partial charge on any atom is -0.387 e. The molecule has 0 spiro atoms. The normalized spacial score (nSPS) is 25.3. The highest BCUT2D eigenvalue weighted by molar-refractivity contribution is 7.99. The van der Waals surface area contributed by atoms with Crippen LogP contribution in [0.2, 0.25) is 0 Å². The number of rotatable bonds is 0. The fourth-order valence-electron chi connectivity index (χ4n) is 0.607. The van der Waals surface area contributed by atoms with Crippen molar-refractivity contribution in [2.45, 2.75) is 12.8 Å². The molecule has 0 aromatic rings. The van der Waals surface area contributed by atoms with Gasteiger partial charge in [-0.15, -0.1) is 0 Å². The third kappa shape index (κ3) is 1.70. The van der Waals surface area contributed by atoms with Crippen molar-refractivity contribution < 1.29 is 5.11 Å². The molecular formula is C5H9OS. The number of hydrogen-bond acceptors (Lipinski definition) is 2. The number of thioether (sulfide) groups is 1. The van der Waals surface area contributed by atoms with Crippen LogP contribution in [0.5, 0.6) is 0 Å². The molecule has 41 valence electrons. The Balaban J connectivity index is 2.12. The van der Waals surface area contributed by atoms with E-state index in [0.29, 0.717) is 6.10 Å². The zero-order valence-corrected chi connectivity index (χ0v) is 5.00. The van der Waals surface area contributed by atoms with Crippen LogP contribution in [0.4, 0.5) is 0 Å². The van der Waals surface area contributed by atoms with Crippen molar-refractivity contribution in [3.05, 3.63) is 6.10 Å². The summed E-state index contributed by atoms with van der Waals surface area (Å²) >= 11 is 1.92. The maximum Gasteiger partial charge on any atom is 0.0949 e. The summed E-state index contributed by atoms with van der Waals surface area (Å²) in [5.41, 5.74) is 0. The third-order valence-electron chi connectivity index (χ3n) is 1.07. The van der Waals surface area contributed by atoms with Crippen LogP contribution in [-0.2, 0) is 0 Å². The second kappa shape index (κ2) is 2.58. The van der Waals surface area contributed by atoms with Gasteiger partial charge in [-0.2, -0.15) is 11.8 Å². The molecule has 0 aromatic carbocycles. The first kappa shape index (κ1) is 5.45. The Hall–Kier alpha value is 0.310. The summed E-state index contributed by atoms with van der Waals surface area (Å²) in [7, 11) is 0. The Morgan fingerprint density at radius 2 is 1.86 bits per heavy atom. The molecule has 0 amide bonds. The molecule has 0 saturated carbocycles. The lowest BCUT2D eigenvalue weighted by Gasteiger charge is -2.13.